The zero-order valence-electron chi connectivity index (χ0n) is 14.3. The summed E-state index contributed by atoms with van der Waals surface area (Å²) in [6.07, 6.45) is -2.55. The number of sulfonamides is 1. The Morgan fingerprint density at radius 2 is 1.79 bits per heavy atom. The summed E-state index contributed by atoms with van der Waals surface area (Å²) in [5, 5.41) is 0.699. The van der Waals surface area contributed by atoms with Crippen LogP contribution in [0.5, 0.6) is 5.88 Å². The molecule has 0 atom stereocenters. The summed E-state index contributed by atoms with van der Waals surface area (Å²) >= 11 is 0. The summed E-state index contributed by atoms with van der Waals surface area (Å²) in [4.78, 5) is 8.00. The molecule has 6 nitrogen and oxygen atoms in total. The lowest BCUT2D eigenvalue weighted by Gasteiger charge is -2.37. The maximum Gasteiger partial charge on any atom is 0.416 e. The molecule has 1 saturated heterocycles. The zero-order chi connectivity index (χ0) is 19.9. The highest BCUT2D eigenvalue weighted by atomic mass is 32.2. The number of rotatable bonds is 4. The topological polar surface area (TPSA) is 72.4 Å². The Balaban J connectivity index is 1.49. The van der Waals surface area contributed by atoms with Crippen LogP contribution in [-0.2, 0) is 16.2 Å². The van der Waals surface area contributed by atoms with Gasteiger partial charge in [0, 0.05) is 23.8 Å². The number of benzene rings is 1. The fourth-order valence-electron chi connectivity index (χ4n) is 2.92. The lowest BCUT2D eigenvalue weighted by atomic mass is 10.2. The van der Waals surface area contributed by atoms with Crippen molar-refractivity contribution in [1.82, 2.24) is 14.3 Å². The number of ether oxygens (including phenoxy) is 1. The Labute approximate surface area is 158 Å². The molecule has 0 saturated carbocycles. The molecule has 0 amide bonds. The van der Waals surface area contributed by atoms with Gasteiger partial charge in [-0.3, -0.25) is 4.98 Å². The van der Waals surface area contributed by atoms with E-state index in [4.69, 9.17) is 4.74 Å². The normalized spacial score (nSPS) is 16.1. The van der Waals surface area contributed by atoms with Crippen molar-refractivity contribution < 1.29 is 26.3 Å². The first-order valence-corrected chi connectivity index (χ1v) is 9.73. The van der Waals surface area contributed by atoms with E-state index in [1.54, 1.807) is 24.3 Å². The number of pyridine rings is 2. The number of hydrogen-bond donors (Lipinski definition) is 0. The molecule has 10 heteroatoms. The standard InChI is InChI=1S/C18H14F3N3O3S/c19-18(20,21)13-6-8-22-16(9-13)27-14-10-24(11-14)28(25,26)15-5-1-3-12-4-2-7-23-17(12)15/h1-9,14H,10-11H2. The molecule has 3 heterocycles. The van der Waals surface area contributed by atoms with Gasteiger partial charge in [0.15, 0.2) is 0 Å². The molecule has 1 aliphatic rings. The van der Waals surface area contributed by atoms with Gasteiger partial charge in [-0.2, -0.15) is 17.5 Å². The van der Waals surface area contributed by atoms with Crippen molar-refractivity contribution in [3.8, 4) is 5.88 Å². The third-order valence-electron chi connectivity index (χ3n) is 4.38. The minimum absolute atomic E-state index is 0.0173. The van der Waals surface area contributed by atoms with Crippen LogP contribution in [0.15, 0.2) is 59.8 Å². The molecule has 0 unspecified atom stereocenters. The molecule has 0 spiro atoms. The monoisotopic (exact) mass is 409 g/mol. The fourth-order valence-corrected chi connectivity index (χ4v) is 4.58. The van der Waals surface area contributed by atoms with Crippen LogP contribution in [0, 0.1) is 0 Å². The summed E-state index contributed by atoms with van der Waals surface area (Å²) < 4.78 is 70.6. The van der Waals surface area contributed by atoms with Crippen LogP contribution in [0.3, 0.4) is 0 Å². The van der Waals surface area contributed by atoms with Crippen molar-refractivity contribution in [3.05, 3.63) is 60.4 Å². The molecular weight excluding hydrogens is 395 g/mol. The summed E-state index contributed by atoms with van der Waals surface area (Å²) in [6.45, 7) is 0.0347. The van der Waals surface area contributed by atoms with Gasteiger partial charge in [-0.1, -0.05) is 18.2 Å². The van der Waals surface area contributed by atoms with Gasteiger partial charge in [0.25, 0.3) is 0 Å². The lowest BCUT2D eigenvalue weighted by molar-refractivity contribution is -0.137. The highest BCUT2D eigenvalue weighted by molar-refractivity contribution is 7.89. The number of fused-ring (bicyclic) bond motifs is 1. The van der Waals surface area contributed by atoms with E-state index in [0.29, 0.717) is 10.9 Å². The van der Waals surface area contributed by atoms with E-state index in [1.807, 2.05) is 0 Å². The van der Waals surface area contributed by atoms with Crippen molar-refractivity contribution in [2.75, 3.05) is 13.1 Å². The second-order valence-electron chi connectivity index (χ2n) is 6.27. The van der Waals surface area contributed by atoms with Crippen LogP contribution in [-0.4, -0.2) is 41.9 Å². The van der Waals surface area contributed by atoms with Crippen LogP contribution in [0.1, 0.15) is 5.56 Å². The maximum atomic E-state index is 12.9. The molecule has 28 heavy (non-hydrogen) atoms. The minimum Gasteiger partial charge on any atom is -0.472 e. The van der Waals surface area contributed by atoms with Crippen LogP contribution >= 0.6 is 0 Å². The van der Waals surface area contributed by atoms with Gasteiger partial charge >= 0.3 is 6.18 Å². The minimum atomic E-state index is -4.50. The van der Waals surface area contributed by atoms with Crippen molar-refractivity contribution in [1.29, 1.82) is 0 Å². The van der Waals surface area contributed by atoms with Crippen LogP contribution in [0.4, 0.5) is 13.2 Å². The molecule has 0 bridgehead atoms. The van der Waals surface area contributed by atoms with Gasteiger partial charge in [0.2, 0.25) is 15.9 Å². The second kappa shape index (κ2) is 6.71. The number of hydrogen-bond acceptors (Lipinski definition) is 5. The second-order valence-corrected chi connectivity index (χ2v) is 8.18. The van der Waals surface area contributed by atoms with E-state index >= 15 is 0 Å². The van der Waals surface area contributed by atoms with E-state index in [2.05, 4.69) is 9.97 Å². The molecule has 0 radical (unpaired) electrons. The Morgan fingerprint density at radius 3 is 2.54 bits per heavy atom. The Morgan fingerprint density at radius 1 is 1.04 bits per heavy atom. The number of aromatic nitrogens is 2. The highest BCUT2D eigenvalue weighted by Crippen LogP contribution is 2.32. The van der Waals surface area contributed by atoms with Crippen molar-refractivity contribution in [2.24, 2.45) is 0 Å². The quantitative estimate of drug-likeness (QED) is 0.662. The highest BCUT2D eigenvalue weighted by Gasteiger charge is 2.39. The average molecular weight is 409 g/mol. The molecule has 1 aromatic carbocycles. The first-order chi connectivity index (χ1) is 13.2. The molecular formula is C18H14F3N3O3S. The first kappa shape index (κ1) is 18.6. The van der Waals surface area contributed by atoms with Gasteiger partial charge in [-0.05, 0) is 18.2 Å². The van der Waals surface area contributed by atoms with Crippen LogP contribution in [0.25, 0.3) is 10.9 Å². The molecule has 4 rings (SSSR count). The van der Waals surface area contributed by atoms with E-state index in [-0.39, 0.29) is 23.9 Å². The molecule has 0 aliphatic carbocycles. The number of para-hydroxylation sites is 1. The maximum absolute atomic E-state index is 12.9. The van der Waals surface area contributed by atoms with Gasteiger partial charge in [0.05, 0.1) is 24.2 Å². The molecule has 1 aliphatic heterocycles. The zero-order valence-corrected chi connectivity index (χ0v) is 15.1. The van der Waals surface area contributed by atoms with Crippen molar-refractivity contribution >= 4 is 20.9 Å². The van der Waals surface area contributed by atoms with Gasteiger partial charge in [-0.15, -0.1) is 0 Å². The van der Waals surface area contributed by atoms with Gasteiger partial charge in [0.1, 0.15) is 11.0 Å². The summed E-state index contributed by atoms with van der Waals surface area (Å²) in [5.74, 6) is -0.191. The largest absolute Gasteiger partial charge is 0.472 e. The van der Waals surface area contributed by atoms with E-state index in [9.17, 15) is 21.6 Å². The molecule has 146 valence electrons. The predicted molar refractivity (Wildman–Crippen MR) is 94.2 cm³/mol. The summed E-state index contributed by atoms with van der Waals surface area (Å²) in [6, 6.07) is 10.0. The number of alkyl halides is 3. The van der Waals surface area contributed by atoms with Crippen LogP contribution in [0.2, 0.25) is 0 Å². The first-order valence-electron chi connectivity index (χ1n) is 8.29. The van der Waals surface area contributed by atoms with Gasteiger partial charge in [-0.25, -0.2) is 13.4 Å². The number of halogens is 3. The molecule has 1 fully saturated rings. The summed E-state index contributed by atoms with van der Waals surface area (Å²) in [7, 11) is -3.80. The number of nitrogens with zero attached hydrogens (tertiary/aromatic N) is 3. The van der Waals surface area contributed by atoms with E-state index in [0.717, 1.165) is 18.3 Å². The molecule has 3 aromatic rings. The lowest BCUT2D eigenvalue weighted by Crippen LogP contribution is -2.56. The Bertz CT molecular complexity index is 1120. The third kappa shape index (κ3) is 3.40. The average Bonchev–Trinajstić information content (AvgIpc) is 2.63. The van der Waals surface area contributed by atoms with Crippen LogP contribution < -0.4 is 4.74 Å². The predicted octanol–water partition coefficient (Wildman–Crippen LogP) is 3.10. The summed E-state index contributed by atoms with van der Waals surface area (Å²) in [5.41, 5.74) is -0.503. The smallest absolute Gasteiger partial charge is 0.416 e. The SMILES string of the molecule is O=S(=O)(c1cccc2cccnc12)N1CC(Oc2cc(C(F)(F)F)ccn2)C1. The molecule has 2 aromatic heterocycles. The van der Waals surface area contributed by atoms with Gasteiger partial charge < -0.3 is 4.74 Å². The fraction of sp³-hybridized carbons (Fsp3) is 0.222. The van der Waals surface area contributed by atoms with E-state index in [1.165, 1.54) is 16.6 Å². The Kier molecular flexibility index (Phi) is 4.47. The molecule has 0 N–H and O–H groups in total. The Hall–Kier alpha value is -2.72. The van der Waals surface area contributed by atoms with E-state index < -0.39 is 27.9 Å². The third-order valence-corrected chi connectivity index (χ3v) is 6.24. The van der Waals surface area contributed by atoms with Crippen molar-refractivity contribution in [2.45, 2.75) is 17.2 Å². The van der Waals surface area contributed by atoms with Crippen molar-refractivity contribution in [3.63, 3.8) is 0 Å².